The highest BCUT2D eigenvalue weighted by molar-refractivity contribution is 6.32. The van der Waals surface area contributed by atoms with Crippen molar-refractivity contribution in [3.05, 3.63) is 95.6 Å². The second-order valence-corrected chi connectivity index (χ2v) is 7.71. The van der Waals surface area contributed by atoms with Crippen LogP contribution < -0.4 is 21.9 Å². The van der Waals surface area contributed by atoms with Crippen LogP contribution in [0.25, 0.3) is 0 Å². The summed E-state index contributed by atoms with van der Waals surface area (Å²) in [4.78, 5) is 52.6. The number of anilines is 2. The number of carbonyl (C=O) groups is 1. The van der Waals surface area contributed by atoms with Gasteiger partial charge < -0.3 is 5.73 Å². The number of aromatic nitrogens is 2. The number of hydrogen-bond donors (Lipinski definition) is 2. The van der Waals surface area contributed by atoms with Gasteiger partial charge >= 0.3 is 5.69 Å². The first-order valence-electron chi connectivity index (χ1n) is 10.2. The van der Waals surface area contributed by atoms with Crippen molar-refractivity contribution in [2.45, 2.75) is 32.9 Å². The number of H-pyrrole nitrogens is 1. The second-order valence-electron chi connectivity index (χ2n) is 7.30. The van der Waals surface area contributed by atoms with Gasteiger partial charge in [0.1, 0.15) is 10.8 Å². The molecule has 1 heterocycles. The average Bonchev–Trinajstić information content (AvgIpc) is 2.78. The van der Waals surface area contributed by atoms with Crippen molar-refractivity contribution in [3.63, 3.8) is 0 Å². The highest BCUT2D eigenvalue weighted by atomic mass is 35.5. The lowest BCUT2D eigenvalue weighted by Gasteiger charge is -2.25. The third kappa shape index (κ3) is 5.12. The molecular formula is C22H22ClN5O5. The molecule has 0 unspecified atom stereocenters. The van der Waals surface area contributed by atoms with Crippen LogP contribution in [0.2, 0.25) is 5.02 Å². The molecule has 3 aromatic rings. The molecule has 10 nitrogen and oxygen atoms in total. The van der Waals surface area contributed by atoms with Crippen molar-refractivity contribution in [2.75, 3.05) is 10.6 Å². The number of benzene rings is 2. The first kappa shape index (κ1) is 23.7. The molecule has 0 aliphatic rings. The van der Waals surface area contributed by atoms with Crippen LogP contribution in [0, 0.1) is 10.1 Å². The number of nitrogens with zero attached hydrogens (tertiary/aromatic N) is 3. The Hall–Kier alpha value is -3.92. The fourth-order valence-corrected chi connectivity index (χ4v) is 3.52. The van der Waals surface area contributed by atoms with E-state index in [0.717, 1.165) is 17.4 Å². The lowest BCUT2D eigenvalue weighted by Crippen LogP contribution is -2.41. The third-order valence-electron chi connectivity index (χ3n) is 5.04. The third-order valence-corrected chi connectivity index (χ3v) is 5.36. The number of amides is 1. The van der Waals surface area contributed by atoms with Gasteiger partial charge in [-0.2, -0.15) is 0 Å². The molecule has 33 heavy (non-hydrogen) atoms. The lowest BCUT2D eigenvalue weighted by atomic mass is 10.1. The van der Waals surface area contributed by atoms with Crippen molar-refractivity contribution < 1.29 is 9.72 Å². The minimum atomic E-state index is -0.835. The fraction of sp³-hybridized carbons (Fsp3) is 0.227. The Morgan fingerprint density at radius 1 is 1.21 bits per heavy atom. The molecule has 2 aromatic carbocycles. The zero-order chi connectivity index (χ0) is 24.1. The number of nitrogen functional groups attached to an aromatic ring is 1. The van der Waals surface area contributed by atoms with Crippen molar-refractivity contribution in [1.82, 2.24) is 9.55 Å². The minimum Gasteiger partial charge on any atom is -0.383 e. The maximum Gasteiger partial charge on any atom is 0.330 e. The van der Waals surface area contributed by atoms with Gasteiger partial charge in [0.15, 0.2) is 5.69 Å². The molecule has 0 bridgehead atoms. The largest absolute Gasteiger partial charge is 0.383 e. The fourth-order valence-electron chi connectivity index (χ4n) is 3.34. The number of halogens is 1. The maximum atomic E-state index is 13.5. The van der Waals surface area contributed by atoms with Crippen LogP contribution in [0.15, 0.2) is 58.1 Å². The number of nitro benzene ring substituents is 1. The Morgan fingerprint density at radius 3 is 2.55 bits per heavy atom. The van der Waals surface area contributed by atoms with Gasteiger partial charge in [0.05, 0.1) is 11.5 Å². The number of nitro groups is 1. The Balaban J connectivity index is 2.19. The van der Waals surface area contributed by atoms with Crippen LogP contribution in [0.4, 0.5) is 17.2 Å². The topological polar surface area (TPSA) is 144 Å². The predicted octanol–water partition coefficient (Wildman–Crippen LogP) is 3.33. The van der Waals surface area contributed by atoms with Gasteiger partial charge in [0.25, 0.3) is 17.2 Å². The molecule has 0 saturated heterocycles. The molecule has 0 radical (unpaired) electrons. The van der Waals surface area contributed by atoms with Crippen LogP contribution in [0.1, 0.15) is 35.7 Å². The van der Waals surface area contributed by atoms with Crippen LogP contribution in [-0.2, 0) is 13.1 Å². The van der Waals surface area contributed by atoms with Crippen molar-refractivity contribution >= 4 is 34.7 Å². The van der Waals surface area contributed by atoms with Crippen LogP contribution in [0.5, 0.6) is 0 Å². The smallest absolute Gasteiger partial charge is 0.330 e. The molecule has 0 aliphatic carbocycles. The summed E-state index contributed by atoms with van der Waals surface area (Å²) < 4.78 is 1.20. The molecule has 3 rings (SSSR count). The molecule has 3 N–H and O–H groups in total. The Morgan fingerprint density at radius 2 is 1.91 bits per heavy atom. The first-order chi connectivity index (χ1) is 15.7. The van der Waals surface area contributed by atoms with E-state index in [-0.39, 0.29) is 35.2 Å². The van der Waals surface area contributed by atoms with Gasteiger partial charge in [-0.25, -0.2) is 4.79 Å². The summed E-state index contributed by atoms with van der Waals surface area (Å²) >= 11 is 5.88. The summed E-state index contributed by atoms with van der Waals surface area (Å²) in [5.41, 5.74) is 4.67. The van der Waals surface area contributed by atoms with E-state index >= 15 is 0 Å². The van der Waals surface area contributed by atoms with Crippen LogP contribution in [0.3, 0.4) is 0 Å². The maximum absolute atomic E-state index is 13.5. The summed E-state index contributed by atoms with van der Waals surface area (Å²) in [5, 5.41) is 11.2. The molecule has 1 aromatic heterocycles. The van der Waals surface area contributed by atoms with Gasteiger partial charge in [0, 0.05) is 18.2 Å². The van der Waals surface area contributed by atoms with E-state index in [4.69, 9.17) is 17.3 Å². The van der Waals surface area contributed by atoms with E-state index in [0.29, 0.717) is 12.0 Å². The molecule has 0 fully saturated rings. The first-order valence-corrected chi connectivity index (χ1v) is 10.5. The van der Waals surface area contributed by atoms with Gasteiger partial charge in [-0.15, -0.1) is 0 Å². The number of rotatable bonds is 8. The van der Waals surface area contributed by atoms with Crippen molar-refractivity contribution in [2.24, 2.45) is 0 Å². The number of nitrogens with one attached hydrogen (secondary N) is 1. The summed E-state index contributed by atoms with van der Waals surface area (Å²) in [6.07, 6.45) is 1.41. The lowest BCUT2D eigenvalue weighted by molar-refractivity contribution is -0.384. The molecule has 1 amide bonds. The van der Waals surface area contributed by atoms with Gasteiger partial charge in [-0.05, 0) is 24.1 Å². The Labute approximate surface area is 193 Å². The van der Waals surface area contributed by atoms with Crippen molar-refractivity contribution in [1.29, 1.82) is 0 Å². The minimum absolute atomic E-state index is 0.0602. The zero-order valence-electron chi connectivity index (χ0n) is 17.8. The molecule has 0 saturated carbocycles. The standard InChI is InChI=1S/C22H22ClN5O5/c1-2-3-11-26-19(24)18(20(29)25-22(26)31)27(13-14-7-5-4-6-8-14)21(30)15-9-10-16(23)17(12-15)28(32)33/h4-10,12H,2-3,11,13,24H2,1H3,(H,25,29,31). The van der Waals surface area contributed by atoms with E-state index in [2.05, 4.69) is 4.98 Å². The van der Waals surface area contributed by atoms with E-state index in [1.807, 2.05) is 6.92 Å². The normalized spacial score (nSPS) is 10.7. The predicted molar refractivity (Wildman–Crippen MR) is 126 cm³/mol. The molecule has 0 atom stereocenters. The summed E-state index contributed by atoms with van der Waals surface area (Å²) in [6.45, 7) is 2.13. The quantitative estimate of drug-likeness (QED) is 0.380. The molecule has 0 aliphatic heterocycles. The Bertz CT molecular complexity index is 1300. The number of carbonyl (C=O) groups excluding carboxylic acids is 1. The van der Waals surface area contributed by atoms with Gasteiger partial charge in [0.2, 0.25) is 0 Å². The van der Waals surface area contributed by atoms with Crippen LogP contribution in [-0.4, -0.2) is 20.4 Å². The Kier molecular flexibility index (Phi) is 7.29. The number of hydrogen-bond acceptors (Lipinski definition) is 6. The van der Waals surface area contributed by atoms with E-state index in [1.165, 1.54) is 16.7 Å². The molecule has 172 valence electrons. The highest BCUT2D eigenvalue weighted by Crippen LogP contribution is 2.28. The summed E-state index contributed by atoms with van der Waals surface area (Å²) in [5.74, 6) is -0.874. The number of unbranched alkanes of at least 4 members (excludes halogenated alkanes) is 1. The van der Waals surface area contributed by atoms with Gasteiger partial charge in [-0.3, -0.25) is 34.2 Å². The van der Waals surface area contributed by atoms with E-state index in [9.17, 15) is 24.5 Å². The van der Waals surface area contributed by atoms with E-state index in [1.54, 1.807) is 30.3 Å². The van der Waals surface area contributed by atoms with Crippen molar-refractivity contribution in [3.8, 4) is 0 Å². The summed E-state index contributed by atoms with van der Waals surface area (Å²) in [6, 6.07) is 12.4. The number of aromatic amines is 1. The van der Waals surface area contributed by atoms with E-state index < -0.39 is 27.8 Å². The average molecular weight is 472 g/mol. The highest BCUT2D eigenvalue weighted by Gasteiger charge is 2.27. The van der Waals surface area contributed by atoms with Gasteiger partial charge in [-0.1, -0.05) is 55.3 Å². The summed E-state index contributed by atoms with van der Waals surface area (Å²) in [7, 11) is 0. The zero-order valence-corrected chi connectivity index (χ0v) is 18.5. The molecule has 0 spiro atoms. The second kappa shape index (κ2) is 10.1. The SMILES string of the molecule is CCCCn1c(N)c(N(Cc2ccccc2)C(=O)c2ccc(Cl)c([N+](=O)[O-])c2)c(=O)[nH]c1=O. The molecule has 11 heteroatoms. The molecular weight excluding hydrogens is 450 g/mol. The monoisotopic (exact) mass is 471 g/mol. The van der Waals surface area contributed by atoms with Crippen LogP contribution >= 0.6 is 11.6 Å². The number of nitrogens with two attached hydrogens (primary N) is 1.